The van der Waals surface area contributed by atoms with Crippen molar-refractivity contribution in [2.45, 2.75) is 51.9 Å². The van der Waals surface area contributed by atoms with Gasteiger partial charge in [0.15, 0.2) is 0 Å². The van der Waals surface area contributed by atoms with Gasteiger partial charge in [0.1, 0.15) is 0 Å². The first kappa shape index (κ1) is 12.6. The first-order valence-corrected chi connectivity index (χ1v) is 6.90. The largest absolute Gasteiger partial charge is 0.396 e. The minimum Gasteiger partial charge on any atom is -0.396 e. The maximum Gasteiger partial charge on any atom is 0.0436 e. The van der Waals surface area contributed by atoms with Crippen LogP contribution in [0, 0.1) is 19.8 Å². The second kappa shape index (κ2) is 5.68. The Kier molecular flexibility index (Phi) is 4.22. The first-order valence-electron chi connectivity index (χ1n) is 6.90. The predicted octanol–water partition coefficient (Wildman–Crippen LogP) is 3.96. The molecule has 1 saturated carbocycles. The predicted molar refractivity (Wildman–Crippen MR) is 72.3 cm³/mol. The molecule has 1 fully saturated rings. The molecule has 0 radical (unpaired) electrons. The summed E-state index contributed by atoms with van der Waals surface area (Å²) < 4.78 is 0. The summed E-state index contributed by atoms with van der Waals surface area (Å²) in [7, 11) is 0. The fourth-order valence-corrected chi connectivity index (χ4v) is 3.17. The molecule has 0 aromatic heterocycles. The fourth-order valence-electron chi connectivity index (χ4n) is 3.17. The van der Waals surface area contributed by atoms with E-state index in [0.29, 0.717) is 12.5 Å². The van der Waals surface area contributed by atoms with E-state index in [2.05, 4.69) is 32.0 Å². The van der Waals surface area contributed by atoms with Crippen LogP contribution in [0.4, 0.5) is 0 Å². The summed E-state index contributed by atoms with van der Waals surface area (Å²) in [5.41, 5.74) is 4.18. The Morgan fingerprint density at radius 2 is 1.88 bits per heavy atom. The Labute approximate surface area is 105 Å². The van der Waals surface area contributed by atoms with Crippen LogP contribution < -0.4 is 0 Å². The van der Waals surface area contributed by atoms with Crippen LogP contribution in [0.15, 0.2) is 18.2 Å². The maximum atomic E-state index is 9.28. The van der Waals surface area contributed by atoms with Crippen molar-refractivity contribution in [3.05, 3.63) is 34.9 Å². The topological polar surface area (TPSA) is 20.2 Å². The molecule has 0 aliphatic heterocycles. The lowest BCUT2D eigenvalue weighted by molar-refractivity contribution is 0.254. The SMILES string of the molecule is Cc1ccc(C(CCO)C2CCCC2)cc1C. The summed E-state index contributed by atoms with van der Waals surface area (Å²) in [4.78, 5) is 0. The molecule has 1 aromatic carbocycles. The molecule has 0 spiro atoms. The number of hydrogen-bond donors (Lipinski definition) is 1. The van der Waals surface area contributed by atoms with Crippen molar-refractivity contribution in [3.63, 3.8) is 0 Å². The summed E-state index contributed by atoms with van der Waals surface area (Å²) in [6, 6.07) is 6.82. The van der Waals surface area contributed by atoms with Crippen LogP contribution in [0.5, 0.6) is 0 Å². The summed E-state index contributed by atoms with van der Waals surface area (Å²) in [6.45, 7) is 4.66. The second-order valence-corrected chi connectivity index (χ2v) is 5.51. The van der Waals surface area contributed by atoms with Crippen molar-refractivity contribution in [2.75, 3.05) is 6.61 Å². The highest BCUT2D eigenvalue weighted by atomic mass is 16.3. The number of benzene rings is 1. The van der Waals surface area contributed by atoms with E-state index in [9.17, 15) is 5.11 Å². The van der Waals surface area contributed by atoms with Gasteiger partial charge in [-0.1, -0.05) is 31.0 Å². The summed E-state index contributed by atoms with van der Waals surface area (Å²) >= 11 is 0. The van der Waals surface area contributed by atoms with Gasteiger partial charge in [-0.15, -0.1) is 0 Å². The zero-order valence-corrected chi connectivity index (χ0v) is 11.1. The van der Waals surface area contributed by atoms with Gasteiger partial charge >= 0.3 is 0 Å². The molecular weight excluding hydrogens is 208 g/mol. The maximum absolute atomic E-state index is 9.28. The van der Waals surface area contributed by atoms with Crippen LogP contribution in [-0.4, -0.2) is 11.7 Å². The lowest BCUT2D eigenvalue weighted by Crippen LogP contribution is -2.12. The van der Waals surface area contributed by atoms with Gasteiger partial charge in [0.25, 0.3) is 0 Å². The molecule has 1 atom stereocenters. The van der Waals surface area contributed by atoms with Gasteiger partial charge in [0, 0.05) is 6.61 Å². The normalized spacial score (nSPS) is 18.5. The van der Waals surface area contributed by atoms with Crippen molar-refractivity contribution in [2.24, 2.45) is 5.92 Å². The van der Waals surface area contributed by atoms with Crippen molar-refractivity contribution >= 4 is 0 Å². The molecule has 0 saturated heterocycles. The van der Waals surface area contributed by atoms with Crippen molar-refractivity contribution < 1.29 is 5.11 Å². The van der Waals surface area contributed by atoms with Crippen LogP contribution in [-0.2, 0) is 0 Å². The van der Waals surface area contributed by atoms with E-state index in [0.717, 1.165) is 12.3 Å². The zero-order valence-electron chi connectivity index (χ0n) is 11.1. The summed E-state index contributed by atoms with van der Waals surface area (Å²) in [5, 5.41) is 9.28. The molecule has 94 valence electrons. The number of hydrogen-bond acceptors (Lipinski definition) is 1. The molecule has 1 aliphatic carbocycles. The summed E-state index contributed by atoms with van der Waals surface area (Å²) in [5.74, 6) is 1.37. The standard InChI is InChI=1S/C16H24O/c1-12-7-8-15(11-13(12)2)16(9-10-17)14-5-3-4-6-14/h7-8,11,14,16-17H,3-6,9-10H2,1-2H3. The Balaban J connectivity index is 2.21. The van der Waals surface area contributed by atoms with Crippen molar-refractivity contribution in [3.8, 4) is 0 Å². The van der Waals surface area contributed by atoms with Crippen LogP contribution in [0.2, 0.25) is 0 Å². The highest BCUT2D eigenvalue weighted by Gasteiger charge is 2.25. The average molecular weight is 232 g/mol. The van der Waals surface area contributed by atoms with Gasteiger partial charge in [-0.2, -0.15) is 0 Å². The molecule has 0 bridgehead atoms. The van der Waals surface area contributed by atoms with E-state index >= 15 is 0 Å². The molecule has 2 rings (SSSR count). The van der Waals surface area contributed by atoms with Gasteiger partial charge in [-0.25, -0.2) is 0 Å². The van der Waals surface area contributed by atoms with Gasteiger partial charge in [0.2, 0.25) is 0 Å². The minimum absolute atomic E-state index is 0.314. The van der Waals surface area contributed by atoms with Crippen molar-refractivity contribution in [1.29, 1.82) is 0 Å². The molecule has 1 unspecified atom stereocenters. The van der Waals surface area contributed by atoms with E-state index in [4.69, 9.17) is 0 Å². The highest BCUT2D eigenvalue weighted by Crippen LogP contribution is 2.39. The molecule has 1 aliphatic rings. The van der Waals surface area contributed by atoms with Crippen LogP contribution in [0.25, 0.3) is 0 Å². The smallest absolute Gasteiger partial charge is 0.0436 e. The lowest BCUT2D eigenvalue weighted by Gasteiger charge is -2.24. The van der Waals surface area contributed by atoms with Crippen LogP contribution >= 0.6 is 0 Å². The fraction of sp³-hybridized carbons (Fsp3) is 0.625. The van der Waals surface area contributed by atoms with Gasteiger partial charge < -0.3 is 5.11 Å². The Bertz CT molecular complexity index is 364. The molecular formula is C16H24O. The van der Waals surface area contributed by atoms with Gasteiger partial charge in [-0.05, 0) is 61.6 Å². The second-order valence-electron chi connectivity index (χ2n) is 5.51. The minimum atomic E-state index is 0.314. The van der Waals surface area contributed by atoms with E-state index < -0.39 is 0 Å². The third kappa shape index (κ3) is 2.90. The van der Waals surface area contributed by atoms with E-state index in [1.807, 2.05) is 0 Å². The quantitative estimate of drug-likeness (QED) is 0.833. The average Bonchev–Trinajstić information content (AvgIpc) is 2.83. The number of rotatable bonds is 4. The molecule has 1 nitrogen and oxygen atoms in total. The summed E-state index contributed by atoms with van der Waals surface area (Å²) in [6.07, 6.45) is 6.36. The number of aliphatic hydroxyl groups is 1. The monoisotopic (exact) mass is 232 g/mol. The lowest BCUT2D eigenvalue weighted by atomic mass is 9.82. The highest BCUT2D eigenvalue weighted by molar-refractivity contribution is 5.32. The van der Waals surface area contributed by atoms with E-state index in [-0.39, 0.29) is 0 Å². The Morgan fingerprint density at radius 3 is 2.47 bits per heavy atom. The molecule has 0 amide bonds. The van der Waals surface area contributed by atoms with Crippen molar-refractivity contribution in [1.82, 2.24) is 0 Å². The molecule has 0 heterocycles. The molecule has 1 N–H and O–H groups in total. The van der Waals surface area contributed by atoms with E-state index in [1.54, 1.807) is 0 Å². The number of aliphatic hydroxyl groups excluding tert-OH is 1. The third-order valence-corrected chi connectivity index (χ3v) is 4.37. The Morgan fingerprint density at radius 1 is 1.18 bits per heavy atom. The molecule has 17 heavy (non-hydrogen) atoms. The van der Waals surface area contributed by atoms with Crippen LogP contribution in [0.1, 0.15) is 54.7 Å². The zero-order chi connectivity index (χ0) is 12.3. The number of aryl methyl sites for hydroxylation is 2. The first-order chi connectivity index (χ1) is 8.22. The van der Waals surface area contributed by atoms with Crippen LogP contribution in [0.3, 0.4) is 0 Å². The van der Waals surface area contributed by atoms with Gasteiger partial charge in [0.05, 0.1) is 0 Å². The van der Waals surface area contributed by atoms with E-state index in [1.165, 1.54) is 42.4 Å². The Hall–Kier alpha value is -0.820. The van der Waals surface area contributed by atoms with Gasteiger partial charge in [-0.3, -0.25) is 0 Å². The molecule has 1 aromatic rings. The third-order valence-electron chi connectivity index (χ3n) is 4.37. The molecule has 1 heteroatoms.